The molecule has 0 atom stereocenters. The highest BCUT2D eigenvalue weighted by Crippen LogP contribution is 2.21. The van der Waals surface area contributed by atoms with E-state index in [4.69, 9.17) is 4.74 Å². The number of halogens is 1. The fourth-order valence-electron chi connectivity index (χ4n) is 2.71. The second-order valence-corrected chi connectivity index (χ2v) is 8.25. The molecular weight excluding hydrogens is 427 g/mol. The number of imidazole rings is 1. The van der Waals surface area contributed by atoms with Crippen molar-refractivity contribution in [1.82, 2.24) is 15.3 Å². The van der Waals surface area contributed by atoms with Crippen molar-refractivity contribution >= 4 is 27.6 Å². The number of aromatic amines is 1. The van der Waals surface area contributed by atoms with Crippen molar-refractivity contribution in [3.8, 4) is 0 Å². The highest BCUT2D eigenvalue weighted by Gasteiger charge is 2.17. The summed E-state index contributed by atoms with van der Waals surface area (Å²) < 4.78 is 45.4. The number of anilines is 1. The maximum Gasteiger partial charge on any atom is 0.337 e. The number of ether oxygens (including phenoxy) is 1. The Bertz CT molecular complexity index is 1220. The van der Waals surface area contributed by atoms with E-state index in [2.05, 4.69) is 20.0 Å². The van der Waals surface area contributed by atoms with Gasteiger partial charge in [0.05, 0.1) is 23.3 Å². The van der Waals surface area contributed by atoms with E-state index in [1.807, 2.05) is 0 Å². The average Bonchev–Trinajstić information content (AvgIpc) is 3.17. The van der Waals surface area contributed by atoms with Crippen LogP contribution in [0.1, 0.15) is 32.2 Å². The van der Waals surface area contributed by atoms with Crippen LogP contribution in [0.25, 0.3) is 0 Å². The highest BCUT2D eigenvalue weighted by molar-refractivity contribution is 7.92. The van der Waals surface area contributed by atoms with Crippen LogP contribution >= 0.6 is 0 Å². The zero-order valence-corrected chi connectivity index (χ0v) is 17.4. The van der Waals surface area contributed by atoms with Gasteiger partial charge in [0.15, 0.2) is 5.82 Å². The molecule has 2 aromatic carbocycles. The minimum absolute atomic E-state index is 0.00527. The fourth-order valence-corrected chi connectivity index (χ4v) is 3.75. The highest BCUT2D eigenvalue weighted by atomic mass is 32.2. The van der Waals surface area contributed by atoms with Gasteiger partial charge in [-0.3, -0.25) is 9.52 Å². The van der Waals surface area contributed by atoms with E-state index in [1.165, 1.54) is 31.5 Å². The number of carbonyl (C=O) groups excluding carboxylic acids is 2. The predicted octanol–water partition coefficient (Wildman–Crippen LogP) is 2.37. The van der Waals surface area contributed by atoms with E-state index < -0.39 is 27.7 Å². The fraction of sp³-hybridized carbons (Fsp3) is 0.150. The molecule has 162 valence electrons. The molecule has 0 saturated heterocycles. The Kier molecular flexibility index (Phi) is 6.35. The zero-order valence-electron chi connectivity index (χ0n) is 16.6. The number of hydrogen-bond acceptors (Lipinski definition) is 6. The van der Waals surface area contributed by atoms with Crippen LogP contribution < -0.4 is 10.0 Å². The number of rotatable bonds is 7. The third-order valence-corrected chi connectivity index (χ3v) is 5.56. The van der Waals surface area contributed by atoms with Gasteiger partial charge >= 0.3 is 5.97 Å². The summed E-state index contributed by atoms with van der Waals surface area (Å²) in [5.74, 6) is -1.60. The Morgan fingerprint density at radius 3 is 2.48 bits per heavy atom. The lowest BCUT2D eigenvalue weighted by Gasteiger charge is -2.12. The smallest absolute Gasteiger partial charge is 0.337 e. The molecule has 0 aliphatic heterocycles. The van der Waals surface area contributed by atoms with Crippen LogP contribution in [0.5, 0.6) is 0 Å². The SMILES string of the molecule is COC(=O)c1cc(CNC(=O)c2ncc(C)[nH]2)cc(NS(=O)(=O)c2ccc(F)cc2)c1. The van der Waals surface area contributed by atoms with E-state index in [0.29, 0.717) is 5.56 Å². The summed E-state index contributed by atoms with van der Waals surface area (Å²) in [6, 6.07) is 8.51. The van der Waals surface area contributed by atoms with Crippen molar-refractivity contribution in [3.05, 3.63) is 77.1 Å². The third kappa shape index (κ3) is 5.45. The van der Waals surface area contributed by atoms with Crippen LogP contribution in [0, 0.1) is 12.7 Å². The molecule has 0 aliphatic carbocycles. The topological polar surface area (TPSA) is 130 Å². The summed E-state index contributed by atoms with van der Waals surface area (Å²) in [5.41, 5.74) is 1.32. The largest absolute Gasteiger partial charge is 0.465 e. The quantitative estimate of drug-likeness (QED) is 0.478. The number of aromatic nitrogens is 2. The molecule has 9 nitrogen and oxygen atoms in total. The van der Waals surface area contributed by atoms with Gasteiger partial charge < -0.3 is 15.0 Å². The minimum atomic E-state index is -4.04. The molecular formula is C20H19FN4O5S. The molecule has 0 unspecified atom stereocenters. The lowest BCUT2D eigenvalue weighted by molar-refractivity contribution is 0.0600. The number of nitrogens with zero attached hydrogens (tertiary/aromatic N) is 1. The van der Waals surface area contributed by atoms with Crippen LogP contribution in [-0.4, -0.2) is 37.4 Å². The van der Waals surface area contributed by atoms with E-state index >= 15 is 0 Å². The van der Waals surface area contributed by atoms with Crippen LogP contribution in [-0.2, 0) is 21.3 Å². The van der Waals surface area contributed by atoms with Crippen LogP contribution in [0.2, 0.25) is 0 Å². The molecule has 11 heteroatoms. The number of carbonyl (C=O) groups is 2. The predicted molar refractivity (Wildman–Crippen MR) is 109 cm³/mol. The van der Waals surface area contributed by atoms with Crippen molar-refractivity contribution in [2.45, 2.75) is 18.4 Å². The molecule has 0 aliphatic rings. The van der Waals surface area contributed by atoms with Gasteiger partial charge in [-0.15, -0.1) is 0 Å². The number of sulfonamides is 1. The maximum absolute atomic E-state index is 13.1. The number of H-pyrrole nitrogens is 1. The van der Waals surface area contributed by atoms with Gasteiger partial charge in [-0.25, -0.2) is 22.6 Å². The molecule has 0 saturated carbocycles. The Balaban J connectivity index is 1.85. The Labute approximate surface area is 177 Å². The first-order valence-electron chi connectivity index (χ1n) is 8.98. The number of methoxy groups -OCH3 is 1. The molecule has 1 heterocycles. The van der Waals surface area contributed by atoms with Gasteiger partial charge in [0.2, 0.25) is 0 Å². The molecule has 3 rings (SSSR count). The molecule has 0 radical (unpaired) electrons. The number of nitrogens with one attached hydrogen (secondary N) is 3. The number of hydrogen-bond donors (Lipinski definition) is 3. The normalized spacial score (nSPS) is 11.1. The monoisotopic (exact) mass is 446 g/mol. The number of esters is 1. The second-order valence-electron chi connectivity index (χ2n) is 6.57. The molecule has 3 N–H and O–H groups in total. The Morgan fingerprint density at radius 2 is 1.87 bits per heavy atom. The van der Waals surface area contributed by atoms with Crippen molar-refractivity contribution in [2.75, 3.05) is 11.8 Å². The van der Waals surface area contributed by atoms with Gasteiger partial charge in [-0.05, 0) is 55.0 Å². The number of aryl methyl sites for hydroxylation is 1. The molecule has 0 bridgehead atoms. The summed E-state index contributed by atoms with van der Waals surface area (Å²) in [6.45, 7) is 1.75. The van der Waals surface area contributed by atoms with Gasteiger partial charge in [-0.2, -0.15) is 0 Å². The van der Waals surface area contributed by atoms with Crippen LogP contribution in [0.4, 0.5) is 10.1 Å². The third-order valence-electron chi connectivity index (χ3n) is 4.16. The standard InChI is InChI=1S/C20H19FN4O5S/c1-12-10-22-18(24-12)19(26)23-11-13-7-14(20(27)30-2)9-16(8-13)25-31(28,29)17-5-3-15(21)4-6-17/h3-10,25H,11H2,1-2H3,(H,22,24)(H,23,26). The summed E-state index contributed by atoms with van der Waals surface area (Å²) in [4.78, 5) is 30.8. The summed E-state index contributed by atoms with van der Waals surface area (Å²) in [5, 5.41) is 2.64. The summed E-state index contributed by atoms with van der Waals surface area (Å²) in [6.07, 6.45) is 1.51. The van der Waals surface area contributed by atoms with E-state index in [0.717, 1.165) is 30.0 Å². The van der Waals surface area contributed by atoms with Crippen molar-refractivity contribution in [3.63, 3.8) is 0 Å². The molecule has 0 spiro atoms. The second kappa shape index (κ2) is 8.96. The average molecular weight is 446 g/mol. The van der Waals surface area contributed by atoms with Gasteiger partial charge in [0.1, 0.15) is 5.82 Å². The first kappa shape index (κ1) is 22.0. The van der Waals surface area contributed by atoms with Crippen molar-refractivity contribution < 1.29 is 27.1 Å². The summed E-state index contributed by atoms with van der Waals surface area (Å²) in [7, 11) is -2.85. The molecule has 0 fully saturated rings. The minimum Gasteiger partial charge on any atom is -0.465 e. The van der Waals surface area contributed by atoms with Gasteiger partial charge in [0.25, 0.3) is 15.9 Å². The first-order valence-corrected chi connectivity index (χ1v) is 10.5. The molecule has 1 amide bonds. The lowest BCUT2D eigenvalue weighted by atomic mass is 10.1. The Morgan fingerprint density at radius 1 is 1.16 bits per heavy atom. The van der Waals surface area contributed by atoms with E-state index in [1.54, 1.807) is 6.92 Å². The number of benzene rings is 2. The molecule has 31 heavy (non-hydrogen) atoms. The zero-order chi connectivity index (χ0) is 22.6. The Hall–Kier alpha value is -3.73. The first-order chi connectivity index (χ1) is 14.7. The van der Waals surface area contributed by atoms with Crippen molar-refractivity contribution in [1.29, 1.82) is 0 Å². The number of amides is 1. The summed E-state index contributed by atoms with van der Waals surface area (Å²) >= 11 is 0. The lowest BCUT2D eigenvalue weighted by Crippen LogP contribution is -2.24. The molecule has 3 aromatic rings. The molecule has 1 aromatic heterocycles. The van der Waals surface area contributed by atoms with E-state index in [-0.39, 0.29) is 28.5 Å². The van der Waals surface area contributed by atoms with E-state index in [9.17, 15) is 22.4 Å². The van der Waals surface area contributed by atoms with Gasteiger partial charge in [-0.1, -0.05) is 0 Å². The van der Waals surface area contributed by atoms with Gasteiger partial charge in [0, 0.05) is 18.4 Å². The van der Waals surface area contributed by atoms with Crippen LogP contribution in [0.15, 0.2) is 53.6 Å². The maximum atomic E-state index is 13.1. The van der Waals surface area contributed by atoms with Crippen LogP contribution in [0.3, 0.4) is 0 Å². The van der Waals surface area contributed by atoms with Crippen molar-refractivity contribution in [2.24, 2.45) is 0 Å².